The highest BCUT2D eigenvalue weighted by molar-refractivity contribution is 6.36. The minimum absolute atomic E-state index is 0.552. The first-order chi connectivity index (χ1) is 8.70. The maximum absolute atomic E-state index is 8.56. The Kier molecular flexibility index (Phi) is 4.65. The van der Waals surface area contributed by atoms with Crippen LogP contribution in [0.2, 0.25) is 10.0 Å². The summed E-state index contributed by atoms with van der Waals surface area (Å²) in [7, 11) is 0. The smallest absolute Gasteiger partial charge is 0.147 e. The second-order valence-corrected chi connectivity index (χ2v) is 5.04. The molecule has 0 aliphatic carbocycles. The van der Waals surface area contributed by atoms with Crippen molar-refractivity contribution in [1.29, 1.82) is 5.26 Å². The zero-order valence-electron chi connectivity index (χ0n) is 9.94. The summed E-state index contributed by atoms with van der Waals surface area (Å²) in [5.41, 5.74) is 0. The van der Waals surface area contributed by atoms with Gasteiger partial charge in [-0.15, -0.1) is 0 Å². The molecule has 4 nitrogen and oxygen atoms in total. The molecular formula is C12H14Cl2N4. The van der Waals surface area contributed by atoms with Crippen LogP contribution in [0.1, 0.15) is 6.42 Å². The van der Waals surface area contributed by atoms with E-state index in [1.54, 1.807) is 12.3 Å². The average molecular weight is 285 g/mol. The summed E-state index contributed by atoms with van der Waals surface area (Å²) in [6.07, 6.45) is 2.20. The first kappa shape index (κ1) is 13.4. The number of hydrogen-bond acceptors (Lipinski definition) is 4. The van der Waals surface area contributed by atoms with E-state index in [0.717, 1.165) is 38.5 Å². The lowest BCUT2D eigenvalue weighted by Crippen LogP contribution is -2.47. The van der Waals surface area contributed by atoms with Gasteiger partial charge in [-0.2, -0.15) is 5.26 Å². The summed E-state index contributed by atoms with van der Waals surface area (Å²) in [4.78, 5) is 8.72. The fourth-order valence-corrected chi connectivity index (χ4v) is 2.53. The van der Waals surface area contributed by atoms with Crippen molar-refractivity contribution in [1.82, 2.24) is 9.88 Å². The number of pyridine rings is 1. The maximum atomic E-state index is 8.56. The molecule has 1 aromatic heterocycles. The van der Waals surface area contributed by atoms with E-state index in [-0.39, 0.29) is 0 Å². The van der Waals surface area contributed by atoms with E-state index < -0.39 is 0 Å². The quantitative estimate of drug-likeness (QED) is 0.855. The molecule has 1 aromatic rings. The van der Waals surface area contributed by atoms with Gasteiger partial charge in [0.15, 0.2) is 0 Å². The molecule has 2 rings (SSSR count). The monoisotopic (exact) mass is 284 g/mol. The van der Waals surface area contributed by atoms with Gasteiger partial charge in [-0.1, -0.05) is 23.2 Å². The van der Waals surface area contributed by atoms with E-state index in [2.05, 4.69) is 20.9 Å². The predicted molar refractivity (Wildman–Crippen MR) is 73.1 cm³/mol. The van der Waals surface area contributed by atoms with Gasteiger partial charge >= 0.3 is 0 Å². The van der Waals surface area contributed by atoms with Gasteiger partial charge in [-0.05, 0) is 6.07 Å². The van der Waals surface area contributed by atoms with E-state index >= 15 is 0 Å². The lowest BCUT2D eigenvalue weighted by atomic mass is 10.3. The summed E-state index contributed by atoms with van der Waals surface area (Å²) < 4.78 is 0. The Morgan fingerprint density at radius 3 is 2.61 bits per heavy atom. The molecule has 0 atom stereocenters. The summed E-state index contributed by atoms with van der Waals surface area (Å²) in [5, 5.41) is 9.71. The molecule has 18 heavy (non-hydrogen) atoms. The van der Waals surface area contributed by atoms with Crippen LogP contribution in [-0.4, -0.2) is 42.6 Å². The molecule has 1 aliphatic rings. The van der Waals surface area contributed by atoms with Crippen molar-refractivity contribution in [2.24, 2.45) is 0 Å². The third-order valence-electron chi connectivity index (χ3n) is 3.00. The van der Waals surface area contributed by atoms with Crippen molar-refractivity contribution in [2.75, 3.05) is 37.6 Å². The Bertz CT molecular complexity index is 450. The molecule has 0 N–H and O–H groups in total. The van der Waals surface area contributed by atoms with Gasteiger partial charge in [0.05, 0.1) is 16.1 Å². The van der Waals surface area contributed by atoms with Crippen molar-refractivity contribution in [2.45, 2.75) is 6.42 Å². The highest BCUT2D eigenvalue weighted by Crippen LogP contribution is 2.26. The van der Waals surface area contributed by atoms with Crippen molar-refractivity contribution < 1.29 is 0 Å². The van der Waals surface area contributed by atoms with Crippen molar-refractivity contribution in [3.8, 4) is 6.07 Å². The number of rotatable bonds is 3. The van der Waals surface area contributed by atoms with E-state index in [0.29, 0.717) is 16.5 Å². The highest BCUT2D eigenvalue weighted by atomic mass is 35.5. The van der Waals surface area contributed by atoms with Crippen LogP contribution >= 0.6 is 23.2 Å². The van der Waals surface area contributed by atoms with Crippen LogP contribution in [0.5, 0.6) is 0 Å². The van der Waals surface area contributed by atoms with E-state index in [4.69, 9.17) is 28.5 Å². The molecular weight excluding hydrogens is 271 g/mol. The number of nitrogens with zero attached hydrogens (tertiary/aromatic N) is 4. The maximum Gasteiger partial charge on any atom is 0.147 e. The van der Waals surface area contributed by atoms with Gasteiger partial charge in [-0.3, -0.25) is 4.90 Å². The van der Waals surface area contributed by atoms with Gasteiger partial charge in [0, 0.05) is 45.3 Å². The van der Waals surface area contributed by atoms with Crippen LogP contribution in [0.15, 0.2) is 12.3 Å². The molecule has 6 heteroatoms. The molecule has 0 spiro atoms. The molecule has 1 fully saturated rings. The molecule has 0 aromatic carbocycles. The first-order valence-corrected chi connectivity index (χ1v) is 6.61. The van der Waals surface area contributed by atoms with Gasteiger partial charge in [-0.25, -0.2) is 4.98 Å². The summed E-state index contributed by atoms with van der Waals surface area (Å²) in [5.74, 6) is 0.793. The lowest BCUT2D eigenvalue weighted by molar-refractivity contribution is 0.263. The molecule has 0 bridgehead atoms. The van der Waals surface area contributed by atoms with E-state index in [1.165, 1.54) is 0 Å². The average Bonchev–Trinajstić information content (AvgIpc) is 2.37. The minimum atomic E-state index is 0.552. The van der Waals surface area contributed by atoms with Crippen molar-refractivity contribution in [3.63, 3.8) is 0 Å². The zero-order valence-corrected chi connectivity index (χ0v) is 11.5. The van der Waals surface area contributed by atoms with Crippen LogP contribution in [0.4, 0.5) is 5.82 Å². The van der Waals surface area contributed by atoms with Crippen LogP contribution in [0, 0.1) is 11.3 Å². The normalized spacial score (nSPS) is 16.6. The SMILES string of the molecule is N#CCCN1CCN(c2ncc(Cl)cc2Cl)CC1. The number of piperazine rings is 1. The minimum Gasteiger partial charge on any atom is -0.353 e. The van der Waals surface area contributed by atoms with Gasteiger partial charge in [0.25, 0.3) is 0 Å². The summed E-state index contributed by atoms with van der Waals surface area (Å²) in [6, 6.07) is 3.89. The van der Waals surface area contributed by atoms with Crippen LogP contribution in [0.25, 0.3) is 0 Å². The molecule has 0 radical (unpaired) electrons. The Morgan fingerprint density at radius 2 is 2.00 bits per heavy atom. The second kappa shape index (κ2) is 6.24. The number of anilines is 1. The Hall–Kier alpha value is -1.02. The van der Waals surface area contributed by atoms with E-state index in [1.807, 2.05) is 0 Å². The molecule has 96 valence electrons. The molecule has 0 amide bonds. The molecule has 1 aliphatic heterocycles. The van der Waals surface area contributed by atoms with Crippen molar-refractivity contribution >= 4 is 29.0 Å². The molecule has 1 saturated heterocycles. The third-order valence-corrected chi connectivity index (χ3v) is 3.48. The fraction of sp³-hybridized carbons (Fsp3) is 0.500. The predicted octanol–water partition coefficient (Wildman–Crippen LogP) is 2.42. The largest absolute Gasteiger partial charge is 0.353 e. The third kappa shape index (κ3) is 3.26. The molecule has 0 unspecified atom stereocenters. The second-order valence-electron chi connectivity index (χ2n) is 4.20. The Balaban J connectivity index is 1.95. The summed E-state index contributed by atoms with van der Waals surface area (Å²) in [6.45, 7) is 4.45. The van der Waals surface area contributed by atoms with E-state index in [9.17, 15) is 0 Å². The van der Waals surface area contributed by atoms with Crippen LogP contribution < -0.4 is 4.90 Å². The number of hydrogen-bond donors (Lipinski definition) is 0. The lowest BCUT2D eigenvalue weighted by Gasteiger charge is -2.35. The highest BCUT2D eigenvalue weighted by Gasteiger charge is 2.19. The van der Waals surface area contributed by atoms with Crippen LogP contribution in [0.3, 0.4) is 0 Å². The van der Waals surface area contributed by atoms with Crippen molar-refractivity contribution in [3.05, 3.63) is 22.3 Å². The van der Waals surface area contributed by atoms with Crippen LogP contribution in [-0.2, 0) is 0 Å². The molecule has 2 heterocycles. The van der Waals surface area contributed by atoms with Gasteiger partial charge in [0.1, 0.15) is 5.82 Å². The number of aromatic nitrogens is 1. The molecule has 0 saturated carbocycles. The first-order valence-electron chi connectivity index (χ1n) is 5.86. The Morgan fingerprint density at radius 1 is 1.28 bits per heavy atom. The zero-order chi connectivity index (χ0) is 13.0. The van der Waals surface area contributed by atoms with Gasteiger partial charge < -0.3 is 4.90 Å². The van der Waals surface area contributed by atoms with Gasteiger partial charge in [0.2, 0.25) is 0 Å². The number of nitriles is 1. The topological polar surface area (TPSA) is 43.2 Å². The fourth-order valence-electron chi connectivity index (χ4n) is 2.03. The Labute approximate surface area is 117 Å². The summed E-state index contributed by atoms with van der Waals surface area (Å²) >= 11 is 12.0. The number of halogens is 2. The standard InChI is InChI=1S/C12H14Cl2N4/c13-10-8-11(14)12(16-9-10)18-6-4-17(5-7-18)3-1-2-15/h8-9H,1,3-7H2.